The molecule has 0 aromatic heterocycles. The number of hydrogen-bond acceptors (Lipinski definition) is 3. The highest BCUT2D eigenvalue weighted by molar-refractivity contribution is 5.92. The molecule has 264 valence electrons. The number of ketones is 3. The highest BCUT2D eigenvalue weighted by atomic mass is 16.1. The van der Waals surface area contributed by atoms with Crippen molar-refractivity contribution in [3.05, 3.63) is 0 Å². The molecular formula is C43H74O3. The topological polar surface area (TPSA) is 51.2 Å². The number of Topliss-reactive ketones (excluding diaryl/α,β-unsaturated/α-hetero) is 3. The average Bonchev–Trinajstić information content (AvgIpc) is 3.11. The Morgan fingerprint density at radius 3 is 0.935 bits per heavy atom. The van der Waals surface area contributed by atoms with Gasteiger partial charge in [-0.05, 0) is 114 Å². The molecule has 0 aromatic rings. The summed E-state index contributed by atoms with van der Waals surface area (Å²) in [7, 11) is 0. The van der Waals surface area contributed by atoms with Crippen LogP contribution >= 0.6 is 0 Å². The Morgan fingerprint density at radius 1 is 0.413 bits per heavy atom. The zero-order chi connectivity index (χ0) is 32.7. The molecule has 4 aliphatic carbocycles. The van der Waals surface area contributed by atoms with E-state index >= 15 is 4.79 Å². The first kappa shape index (κ1) is 37.8. The van der Waals surface area contributed by atoms with E-state index in [-0.39, 0.29) is 10.8 Å². The molecule has 0 heterocycles. The molecule has 0 atom stereocenters. The molecular weight excluding hydrogens is 564 g/mol. The van der Waals surface area contributed by atoms with E-state index in [0.29, 0.717) is 66.7 Å². The summed E-state index contributed by atoms with van der Waals surface area (Å²) < 4.78 is 0. The summed E-state index contributed by atoms with van der Waals surface area (Å²) in [5, 5.41) is 0. The van der Waals surface area contributed by atoms with Crippen LogP contribution < -0.4 is 0 Å². The van der Waals surface area contributed by atoms with Gasteiger partial charge in [0.2, 0.25) is 0 Å². The van der Waals surface area contributed by atoms with Crippen LogP contribution in [0.2, 0.25) is 0 Å². The van der Waals surface area contributed by atoms with Crippen LogP contribution in [-0.2, 0) is 14.4 Å². The minimum Gasteiger partial charge on any atom is -0.300 e. The smallest absolute Gasteiger partial charge is 0.146 e. The fourth-order valence-electron chi connectivity index (χ4n) is 11.5. The summed E-state index contributed by atoms with van der Waals surface area (Å²) in [6, 6.07) is 0. The van der Waals surface area contributed by atoms with Crippen molar-refractivity contribution in [2.45, 2.75) is 219 Å². The van der Waals surface area contributed by atoms with E-state index in [9.17, 15) is 9.59 Å². The van der Waals surface area contributed by atoms with Gasteiger partial charge in [-0.25, -0.2) is 0 Å². The Balaban J connectivity index is 1.79. The van der Waals surface area contributed by atoms with Crippen molar-refractivity contribution < 1.29 is 14.4 Å². The summed E-state index contributed by atoms with van der Waals surface area (Å²) in [4.78, 5) is 42.7. The number of carbonyl (C=O) groups excluding carboxylic acids is 3. The quantitative estimate of drug-likeness (QED) is 0.133. The first-order valence-electron chi connectivity index (χ1n) is 21.1. The highest BCUT2D eigenvalue weighted by Crippen LogP contribution is 2.62. The van der Waals surface area contributed by atoms with Crippen molar-refractivity contribution in [2.75, 3.05) is 0 Å². The number of carbonyl (C=O) groups is 3. The molecule has 0 aliphatic heterocycles. The molecule has 0 radical (unpaired) electrons. The van der Waals surface area contributed by atoms with E-state index in [2.05, 4.69) is 13.8 Å². The zero-order valence-electron chi connectivity index (χ0n) is 30.7. The molecule has 4 rings (SSSR count). The number of unbranched alkanes of at least 4 members (excludes halogenated alkanes) is 2. The maximum atomic E-state index is 16.6. The van der Waals surface area contributed by atoms with Gasteiger partial charge in [-0.2, -0.15) is 0 Å². The third kappa shape index (κ3) is 9.58. The first-order chi connectivity index (χ1) is 22.5. The Hall–Kier alpha value is -0.990. The molecule has 0 unspecified atom stereocenters. The van der Waals surface area contributed by atoms with Crippen LogP contribution in [-0.4, -0.2) is 17.3 Å². The summed E-state index contributed by atoms with van der Waals surface area (Å²) >= 11 is 0. The average molecular weight is 639 g/mol. The Labute approximate surface area is 285 Å². The van der Waals surface area contributed by atoms with Crippen LogP contribution in [0.3, 0.4) is 0 Å². The molecule has 4 fully saturated rings. The highest BCUT2D eigenvalue weighted by Gasteiger charge is 2.60. The lowest BCUT2D eigenvalue weighted by atomic mass is 9.45. The molecule has 0 amide bonds. The summed E-state index contributed by atoms with van der Waals surface area (Å²) in [5.74, 6) is 3.50. The summed E-state index contributed by atoms with van der Waals surface area (Å²) in [6.07, 6.45) is 35.8. The van der Waals surface area contributed by atoms with Gasteiger partial charge in [0.25, 0.3) is 0 Å². The van der Waals surface area contributed by atoms with Crippen LogP contribution in [0.15, 0.2) is 0 Å². The SMILES string of the molecule is CCCCC(=O)CCCC(C(=O)C(CCCC(=O)CCCC)(C1CCCCC1)C1CCCCC1)(C1CCCCC1)C1CCCCC1. The van der Waals surface area contributed by atoms with E-state index in [4.69, 9.17) is 0 Å². The molecule has 4 saturated carbocycles. The Morgan fingerprint density at radius 2 is 0.674 bits per heavy atom. The second-order valence-corrected chi connectivity index (χ2v) is 16.7. The van der Waals surface area contributed by atoms with Crippen LogP contribution in [0.1, 0.15) is 219 Å². The van der Waals surface area contributed by atoms with Gasteiger partial charge in [0.05, 0.1) is 0 Å². The second-order valence-electron chi connectivity index (χ2n) is 16.7. The lowest BCUT2D eigenvalue weighted by Gasteiger charge is -2.57. The standard InChI is InChI=1S/C43H74O3/c1-3-5-29-39(44)31-19-33-42(35-21-11-7-12-22-35,36-23-13-8-14-24-36)41(46)43(37-25-15-9-16-26-37,38-27-17-10-18-28-38)34-20-32-40(45)30-6-4-2/h35-38H,3-34H2,1-2H3. The molecule has 0 spiro atoms. The van der Waals surface area contributed by atoms with E-state index in [1.807, 2.05) is 0 Å². The molecule has 46 heavy (non-hydrogen) atoms. The maximum Gasteiger partial charge on any atom is 0.146 e. The van der Waals surface area contributed by atoms with Gasteiger partial charge in [-0.15, -0.1) is 0 Å². The van der Waals surface area contributed by atoms with E-state index in [0.717, 1.165) is 51.4 Å². The monoisotopic (exact) mass is 639 g/mol. The van der Waals surface area contributed by atoms with Crippen LogP contribution in [0.4, 0.5) is 0 Å². The van der Waals surface area contributed by atoms with E-state index in [1.54, 1.807) is 0 Å². The predicted octanol–water partition coefficient (Wildman–Crippen LogP) is 12.7. The predicted molar refractivity (Wildman–Crippen MR) is 193 cm³/mol. The van der Waals surface area contributed by atoms with Crippen molar-refractivity contribution in [2.24, 2.45) is 34.5 Å². The largest absolute Gasteiger partial charge is 0.300 e. The summed E-state index contributed by atoms with van der Waals surface area (Å²) in [6.45, 7) is 4.35. The molecule has 3 heteroatoms. The Kier molecular flexibility index (Phi) is 16.3. The molecule has 4 aliphatic rings. The zero-order valence-corrected chi connectivity index (χ0v) is 30.7. The van der Waals surface area contributed by atoms with Gasteiger partial charge in [-0.1, -0.05) is 104 Å². The second kappa shape index (κ2) is 19.9. The fourth-order valence-corrected chi connectivity index (χ4v) is 11.5. The van der Waals surface area contributed by atoms with Gasteiger partial charge in [0, 0.05) is 36.5 Å². The number of rotatable bonds is 20. The molecule has 0 saturated heterocycles. The summed E-state index contributed by atoms with van der Waals surface area (Å²) in [5.41, 5.74) is -0.542. The van der Waals surface area contributed by atoms with E-state index in [1.165, 1.54) is 128 Å². The van der Waals surface area contributed by atoms with Gasteiger partial charge < -0.3 is 0 Å². The number of hydrogen-bond donors (Lipinski definition) is 0. The molecule has 0 N–H and O–H groups in total. The minimum absolute atomic E-state index is 0.271. The van der Waals surface area contributed by atoms with Crippen LogP contribution in [0.25, 0.3) is 0 Å². The van der Waals surface area contributed by atoms with Gasteiger partial charge in [0.15, 0.2) is 0 Å². The van der Waals surface area contributed by atoms with Crippen LogP contribution in [0, 0.1) is 34.5 Å². The van der Waals surface area contributed by atoms with Crippen molar-refractivity contribution >= 4 is 17.3 Å². The lowest BCUT2D eigenvalue weighted by Crippen LogP contribution is -2.58. The molecule has 0 aromatic carbocycles. The van der Waals surface area contributed by atoms with Crippen LogP contribution in [0.5, 0.6) is 0 Å². The first-order valence-corrected chi connectivity index (χ1v) is 21.1. The third-order valence-electron chi connectivity index (χ3n) is 13.9. The van der Waals surface area contributed by atoms with Crippen molar-refractivity contribution in [3.63, 3.8) is 0 Å². The van der Waals surface area contributed by atoms with Gasteiger partial charge in [0.1, 0.15) is 17.3 Å². The molecule has 0 bridgehead atoms. The van der Waals surface area contributed by atoms with Gasteiger partial charge >= 0.3 is 0 Å². The van der Waals surface area contributed by atoms with Gasteiger partial charge in [-0.3, -0.25) is 14.4 Å². The van der Waals surface area contributed by atoms with E-state index < -0.39 is 0 Å². The minimum atomic E-state index is -0.271. The normalized spacial score (nSPS) is 21.8. The lowest BCUT2D eigenvalue weighted by molar-refractivity contribution is -0.164. The van der Waals surface area contributed by atoms with Crippen molar-refractivity contribution in [3.8, 4) is 0 Å². The fraction of sp³-hybridized carbons (Fsp3) is 0.930. The van der Waals surface area contributed by atoms with Crippen molar-refractivity contribution in [1.82, 2.24) is 0 Å². The maximum absolute atomic E-state index is 16.6. The Bertz CT molecular complexity index is 787. The molecule has 3 nitrogen and oxygen atoms in total. The third-order valence-corrected chi connectivity index (χ3v) is 13.9. The van der Waals surface area contributed by atoms with Crippen molar-refractivity contribution in [1.29, 1.82) is 0 Å².